The summed E-state index contributed by atoms with van der Waals surface area (Å²) in [6.45, 7) is 4.00. The number of amides is 2. The fraction of sp³-hybridized carbons (Fsp3) is 0.263. The highest BCUT2D eigenvalue weighted by atomic mass is 19.4. The van der Waals surface area contributed by atoms with Crippen LogP contribution in [-0.4, -0.2) is 24.5 Å². The number of alkyl halides is 3. The molecule has 0 fully saturated rings. The number of halogens is 3. The topological polar surface area (TPSA) is 58.2 Å². The molecule has 0 radical (unpaired) electrons. The SMILES string of the molecule is Cc1ccc(C)c(C(=O)Nc2cc(C(=O)NCC(F)(F)F)ccc2C)c1. The summed E-state index contributed by atoms with van der Waals surface area (Å²) in [5.74, 6) is -1.20. The van der Waals surface area contributed by atoms with Crippen molar-refractivity contribution in [3.8, 4) is 0 Å². The lowest BCUT2D eigenvalue weighted by Crippen LogP contribution is -2.33. The molecule has 2 aromatic carbocycles. The first kappa shape index (κ1) is 19.5. The van der Waals surface area contributed by atoms with E-state index < -0.39 is 18.6 Å². The van der Waals surface area contributed by atoms with E-state index >= 15 is 0 Å². The Balaban J connectivity index is 2.20. The molecule has 138 valence electrons. The van der Waals surface area contributed by atoms with Crippen molar-refractivity contribution in [1.82, 2.24) is 5.32 Å². The van der Waals surface area contributed by atoms with Gasteiger partial charge in [-0.3, -0.25) is 9.59 Å². The number of benzene rings is 2. The van der Waals surface area contributed by atoms with Gasteiger partial charge in [0.2, 0.25) is 0 Å². The van der Waals surface area contributed by atoms with Gasteiger partial charge in [-0.15, -0.1) is 0 Å². The average Bonchev–Trinajstić information content (AvgIpc) is 2.56. The summed E-state index contributed by atoms with van der Waals surface area (Å²) in [5, 5.41) is 4.53. The number of rotatable bonds is 4. The van der Waals surface area contributed by atoms with Crippen LogP contribution in [0.4, 0.5) is 18.9 Å². The Morgan fingerprint density at radius 1 is 0.923 bits per heavy atom. The molecular formula is C19H19F3N2O2. The zero-order valence-electron chi connectivity index (χ0n) is 14.6. The summed E-state index contributed by atoms with van der Waals surface area (Å²) >= 11 is 0. The Morgan fingerprint density at radius 3 is 2.23 bits per heavy atom. The first-order valence-corrected chi connectivity index (χ1v) is 7.91. The van der Waals surface area contributed by atoms with Gasteiger partial charge in [-0.2, -0.15) is 13.2 Å². The molecule has 2 rings (SSSR count). The second-order valence-electron chi connectivity index (χ2n) is 6.10. The maximum atomic E-state index is 12.5. The Bertz CT molecular complexity index is 845. The summed E-state index contributed by atoms with van der Waals surface area (Å²) in [7, 11) is 0. The van der Waals surface area contributed by atoms with Crippen molar-refractivity contribution in [2.24, 2.45) is 0 Å². The van der Waals surface area contributed by atoms with E-state index in [4.69, 9.17) is 0 Å². The molecule has 0 aliphatic carbocycles. The molecule has 2 amide bonds. The quantitative estimate of drug-likeness (QED) is 0.856. The predicted octanol–water partition coefficient (Wildman–Crippen LogP) is 4.16. The molecular weight excluding hydrogens is 345 g/mol. The molecule has 0 aliphatic heterocycles. The van der Waals surface area contributed by atoms with E-state index in [2.05, 4.69) is 5.32 Å². The van der Waals surface area contributed by atoms with E-state index in [0.717, 1.165) is 11.1 Å². The van der Waals surface area contributed by atoms with Gasteiger partial charge in [0.15, 0.2) is 0 Å². The molecule has 0 saturated heterocycles. The second kappa shape index (κ2) is 7.59. The summed E-state index contributed by atoms with van der Waals surface area (Å²) in [6, 6.07) is 9.82. The highest BCUT2D eigenvalue weighted by Gasteiger charge is 2.28. The molecule has 0 atom stereocenters. The smallest absolute Gasteiger partial charge is 0.343 e. The maximum absolute atomic E-state index is 12.5. The minimum Gasteiger partial charge on any atom is -0.343 e. The Hall–Kier alpha value is -2.83. The van der Waals surface area contributed by atoms with Gasteiger partial charge in [0.05, 0.1) is 0 Å². The standard InChI is InChI=1S/C19H19F3N2O2/c1-11-4-5-12(2)15(8-11)18(26)24-16-9-14(7-6-13(16)3)17(25)23-10-19(20,21)22/h4-9H,10H2,1-3H3,(H,23,25)(H,24,26). The Morgan fingerprint density at radius 2 is 1.58 bits per heavy atom. The molecule has 2 aromatic rings. The van der Waals surface area contributed by atoms with E-state index in [9.17, 15) is 22.8 Å². The number of carbonyl (C=O) groups is 2. The summed E-state index contributed by atoms with van der Waals surface area (Å²) in [6.07, 6.45) is -4.49. The normalized spacial score (nSPS) is 11.2. The van der Waals surface area contributed by atoms with E-state index in [1.54, 1.807) is 19.1 Å². The molecule has 0 heterocycles. The van der Waals surface area contributed by atoms with Gasteiger partial charge < -0.3 is 10.6 Å². The summed E-state index contributed by atoms with van der Waals surface area (Å²) in [5.41, 5.74) is 3.32. The third kappa shape index (κ3) is 5.08. The van der Waals surface area contributed by atoms with Gasteiger partial charge in [-0.25, -0.2) is 0 Å². The zero-order chi connectivity index (χ0) is 19.5. The lowest BCUT2D eigenvalue weighted by Gasteiger charge is -2.13. The molecule has 0 unspecified atom stereocenters. The molecule has 0 saturated carbocycles. The van der Waals surface area contributed by atoms with Crippen LogP contribution in [0, 0.1) is 20.8 Å². The van der Waals surface area contributed by atoms with E-state index in [1.165, 1.54) is 12.1 Å². The van der Waals surface area contributed by atoms with E-state index in [1.807, 2.05) is 31.3 Å². The highest BCUT2D eigenvalue weighted by molar-refractivity contribution is 6.06. The van der Waals surface area contributed by atoms with Crippen molar-refractivity contribution < 1.29 is 22.8 Å². The highest BCUT2D eigenvalue weighted by Crippen LogP contribution is 2.20. The van der Waals surface area contributed by atoms with Crippen LogP contribution in [0.15, 0.2) is 36.4 Å². The van der Waals surface area contributed by atoms with Gasteiger partial charge in [-0.05, 0) is 50.1 Å². The van der Waals surface area contributed by atoms with Gasteiger partial charge in [0.1, 0.15) is 6.54 Å². The monoisotopic (exact) mass is 364 g/mol. The molecule has 26 heavy (non-hydrogen) atoms. The largest absolute Gasteiger partial charge is 0.405 e. The third-order valence-electron chi connectivity index (χ3n) is 3.84. The van der Waals surface area contributed by atoms with Crippen LogP contribution in [0.25, 0.3) is 0 Å². The van der Waals surface area contributed by atoms with Crippen molar-refractivity contribution in [3.63, 3.8) is 0 Å². The number of nitrogens with one attached hydrogen (secondary N) is 2. The first-order valence-electron chi connectivity index (χ1n) is 7.91. The minimum absolute atomic E-state index is 0.0381. The predicted molar refractivity (Wildman–Crippen MR) is 93.4 cm³/mol. The fourth-order valence-electron chi connectivity index (χ4n) is 2.35. The zero-order valence-corrected chi connectivity index (χ0v) is 14.6. The van der Waals surface area contributed by atoms with Crippen LogP contribution in [-0.2, 0) is 0 Å². The summed E-state index contributed by atoms with van der Waals surface area (Å²) < 4.78 is 36.7. The molecule has 2 N–H and O–H groups in total. The number of carbonyl (C=O) groups excluding carboxylic acids is 2. The van der Waals surface area contributed by atoms with Crippen molar-refractivity contribution in [1.29, 1.82) is 0 Å². The van der Waals surface area contributed by atoms with Crippen molar-refractivity contribution in [2.45, 2.75) is 26.9 Å². The number of hydrogen-bond donors (Lipinski definition) is 2. The fourth-order valence-corrected chi connectivity index (χ4v) is 2.35. The molecule has 0 bridgehead atoms. The summed E-state index contributed by atoms with van der Waals surface area (Å²) in [4.78, 5) is 24.4. The van der Waals surface area contributed by atoms with Crippen LogP contribution < -0.4 is 10.6 Å². The van der Waals surface area contributed by atoms with Crippen LogP contribution in [0.2, 0.25) is 0 Å². The van der Waals surface area contributed by atoms with Crippen molar-refractivity contribution in [3.05, 3.63) is 64.2 Å². The number of anilines is 1. The lowest BCUT2D eigenvalue weighted by atomic mass is 10.0. The Kier molecular flexibility index (Phi) is 5.69. The van der Waals surface area contributed by atoms with Gasteiger partial charge >= 0.3 is 6.18 Å². The molecule has 0 spiro atoms. The maximum Gasteiger partial charge on any atom is 0.405 e. The van der Waals surface area contributed by atoms with E-state index in [0.29, 0.717) is 16.8 Å². The second-order valence-corrected chi connectivity index (χ2v) is 6.10. The van der Waals surface area contributed by atoms with Gasteiger partial charge in [0, 0.05) is 16.8 Å². The third-order valence-corrected chi connectivity index (χ3v) is 3.84. The van der Waals surface area contributed by atoms with Crippen molar-refractivity contribution in [2.75, 3.05) is 11.9 Å². The Labute approximate surface area is 149 Å². The molecule has 0 aliphatic rings. The van der Waals surface area contributed by atoms with Crippen LogP contribution in [0.1, 0.15) is 37.4 Å². The van der Waals surface area contributed by atoms with Gasteiger partial charge in [0.25, 0.3) is 11.8 Å². The number of aryl methyl sites for hydroxylation is 3. The average molecular weight is 364 g/mol. The molecule has 0 aromatic heterocycles. The van der Waals surface area contributed by atoms with Crippen molar-refractivity contribution >= 4 is 17.5 Å². The lowest BCUT2D eigenvalue weighted by molar-refractivity contribution is -0.123. The molecule has 7 heteroatoms. The van der Waals surface area contributed by atoms with Crippen LogP contribution in [0.3, 0.4) is 0 Å². The first-order chi connectivity index (χ1) is 12.1. The van der Waals surface area contributed by atoms with E-state index in [-0.39, 0.29) is 11.5 Å². The minimum atomic E-state index is -4.49. The van der Waals surface area contributed by atoms with Gasteiger partial charge in [-0.1, -0.05) is 23.8 Å². The van der Waals surface area contributed by atoms with Crippen LogP contribution >= 0.6 is 0 Å². The number of hydrogen-bond acceptors (Lipinski definition) is 2. The molecule has 4 nitrogen and oxygen atoms in total. The van der Waals surface area contributed by atoms with Crippen LogP contribution in [0.5, 0.6) is 0 Å².